The first-order chi connectivity index (χ1) is 8.69. The van der Waals surface area contributed by atoms with Gasteiger partial charge in [0.15, 0.2) is 0 Å². The Hall–Kier alpha value is -2.05. The van der Waals surface area contributed by atoms with Crippen molar-refractivity contribution in [3.8, 4) is 0 Å². The molecule has 8 nitrogen and oxygen atoms in total. The molecule has 1 N–H and O–H groups in total. The predicted molar refractivity (Wildman–Crippen MR) is 64.6 cm³/mol. The molecule has 98 valence electrons. The van der Waals surface area contributed by atoms with Crippen LogP contribution in [0.1, 0.15) is 18.0 Å². The molecule has 8 heteroatoms. The van der Waals surface area contributed by atoms with Crippen molar-refractivity contribution in [3.05, 3.63) is 28.4 Å². The van der Waals surface area contributed by atoms with E-state index in [1.54, 1.807) is 24.1 Å². The lowest BCUT2D eigenvalue weighted by atomic mass is 10.1. The van der Waals surface area contributed by atoms with Crippen LogP contribution in [0, 0.1) is 0 Å². The molecule has 1 unspecified atom stereocenters. The molecule has 1 heterocycles. The van der Waals surface area contributed by atoms with Crippen molar-refractivity contribution in [1.29, 1.82) is 0 Å². The van der Waals surface area contributed by atoms with Gasteiger partial charge in [0.2, 0.25) is 0 Å². The van der Waals surface area contributed by atoms with E-state index in [0.717, 1.165) is 5.56 Å². The number of nitrogens with one attached hydrogen (secondary N) is 1. The molecule has 0 fully saturated rings. The monoisotopic (exact) mass is 252 g/mol. The van der Waals surface area contributed by atoms with Gasteiger partial charge in [0.1, 0.15) is 6.04 Å². The maximum atomic E-state index is 11.6. The summed E-state index contributed by atoms with van der Waals surface area (Å²) in [5.74, 6) is -0.369. The zero-order valence-corrected chi connectivity index (χ0v) is 10.4. The van der Waals surface area contributed by atoms with Crippen molar-refractivity contribution in [2.24, 2.45) is 12.2 Å². The van der Waals surface area contributed by atoms with Crippen LogP contribution in [-0.2, 0) is 16.6 Å². The highest BCUT2D eigenvalue weighted by molar-refractivity contribution is 5.77. The van der Waals surface area contributed by atoms with Gasteiger partial charge < -0.3 is 10.1 Å². The van der Waals surface area contributed by atoms with E-state index >= 15 is 0 Å². The van der Waals surface area contributed by atoms with Crippen molar-refractivity contribution in [1.82, 2.24) is 15.1 Å². The van der Waals surface area contributed by atoms with E-state index < -0.39 is 6.04 Å². The van der Waals surface area contributed by atoms with Crippen LogP contribution in [0.2, 0.25) is 0 Å². The number of hydrogen-bond acceptors (Lipinski definition) is 5. The molecule has 0 amide bonds. The third-order valence-electron chi connectivity index (χ3n) is 2.34. The first-order valence-corrected chi connectivity index (χ1v) is 5.49. The second kappa shape index (κ2) is 7.31. The lowest BCUT2D eigenvalue weighted by molar-refractivity contribution is -0.143. The number of esters is 1. The summed E-state index contributed by atoms with van der Waals surface area (Å²) >= 11 is 0. The van der Waals surface area contributed by atoms with E-state index in [9.17, 15) is 4.79 Å². The van der Waals surface area contributed by atoms with Crippen molar-refractivity contribution < 1.29 is 9.53 Å². The third-order valence-corrected chi connectivity index (χ3v) is 2.34. The summed E-state index contributed by atoms with van der Waals surface area (Å²) in [6.45, 7) is 0.943. The molecule has 1 rings (SSSR count). The lowest BCUT2D eigenvalue weighted by Crippen LogP contribution is -2.30. The number of azide groups is 1. The molecule has 1 aromatic heterocycles. The fourth-order valence-corrected chi connectivity index (χ4v) is 1.49. The molecule has 0 aliphatic heterocycles. The minimum Gasteiger partial charge on any atom is -0.468 e. The molecule has 0 saturated heterocycles. The average Bonchev–Trinajstić information content (AvgIpc) is 2.79. The molecule has 0 aromatic carbocycles. The highest BCUT2D eigenvalue weighted by atomic mass is 16.5. The SMILES string of the molecule is COC(=O)C(NCCCN=[N+]=[N-])c1cnn(C)c1. The molecule has 0 saturated carbocycles. The number of carbonyl (C=O) groups is 1. The molecule has 1 atom stereocenters. The highest BCUT2D eigenvalue weighted by Crippen LogP contribution is 2.13. The minimum atomic E-state index is -0.547. The largest absolute Gasteiger partial charge is 0.468 e. The average molecular weight is 252 g/mol. The van der Waals surface area contributed by atoms with E-state index in [-0.39, 0.29) is 5.97 Å². The Balaban J connectivity index is 2.57. The van der Waals surface area contributed by atoms with E-state index in [1.165, 1.54) is 7.11 Å². The molecular formula is C10H16N6O2. The summed E-state index contributed by atoms with van der Waals surface area (Å²) in [7, 11) is 3.12. The smallest absolute Gasteiger partial charge is 0.327 e. The van der Waals surface area contributed by atoms with Crippen LogP contribution in [0.4, 0.5) is 0 Å². The molecule has 0 aliphatic carbocycles. The first-order valence-electron chi connectivity index (χ1n) is 5.49. The molecular weight excluding hydrogens is 236 g/mol. The molecule has 18 heavy (non-hydrogen) atoms. The maximum absolute atomic E-state index is 11.6. The number of hydrogen-bond donors (Lipinski definition) is 1. The Labute approximate surface area is 105 Å². The summed E-state index contributed by atoms with van der Waals surface area (Å²) in [6.07, 6.45) is 4.02. The number of rotatable bonds is 7. The fourth-order valence-electron chi connectivity index (χ4n) is 1.49. The zero-order chi connectivity index (χ0) is 13.4. The topological polar surface area (TPSA) is 105 Å². The van der Waals surface area contributed by atoms with Gasteiger partial charge in [0, 0.05) is 30.3 Å². The Morgan fingerprint density at radius 2 is 2.56 bits per heavy atom. The first kappa shape index (κ1) is 14.0. The van der Waals surface area contributed by atoms with Crippen molar-refractivity contribution >= 4 is 5.97 Å². The van der Waals surface area contributed by atoms with Crippen LogP contribution in [0.3, 0.4) is 0 Å². The minimum absolute atomic E-state index is 0.369. The van der Waals surface area contributed by atoms with E-state index in [0.29, 0.717) is 19.5 Å². The number of ether oxygens (including phenoxy) is 1. The van der Waals surface area contributed by atoms with Gasteiger partial charge in [-0.05, 0) is 18.5 Å². The second-order valence-corrected chi connectivity index (χ2v) is 3.67. The molecule has 0 bridgehead atoms. The van der Waals surface area contributed by atoms with Gasteiger partial charge in [-0.2, -0.15) is 5.10 Å². The van der Waals surface area contributed by atoms with E-state index in [4.69, 9.17) is 10.3 Å². The molecule has 0 spiro atoms. The molecule has 1 aromatic rings. The van der Waals surface area contributed by atoms with E-state index in [2.05, 4.69) is 20.4 Å². The highest BCUT2D eigenvalue weighted by Gasteiger charge is 2.21. The second-order valence-electron chi connectivity index (χ2n) is 3.67. The Morgan fingerprint density at radius 1 is 1.78 bits per heavy atom. The van der Waals surface area contributed by atoms with Gasteiger partial charge >= 0.3 is 5.97 Å². The Bertz CT molecular complexity index is 437. The number of aromatic nitrogens is 2. The maximum Gasteiger partial charge on any atom is 0.327 e. The number of nitrogens with zero attached hydrogens (tertiary/aromatic N) is 5. The van der Waals surface area contributed by atoms with Crippen LogP contribution in [0.15, 0.2) is 17.5 Å². The lowest BCUT2D eigenvalue weighted by Gasteiger charge is -2.14. The van der Waals surface area contributed by atoms with Crippen LogP contribution in [-0.4, -0.2) is 35.9 Å². The summed E-state index contributed by atoms with van der Waals surface area (Å²) in [5.41, 5.74) is 8.88. The molecule has 0 radical (unpaired) electrons. The number of aryl methyl sites for hydroxylation is 1. The van der Waals surface area contributed by atoms with Crippen molar-refractivity contribution in [3.63, 3.8) is 0 Å². The van der Waals surface area contributed by atoms with Crippen LogP contribution in [0.25, 0.3) is 10.4 Å². The predicted octanol–water partition coefficient (Wildman–Crippen LogP) is 0.924. The van der Waals surface area contributed by atoms with Gasteiger partial charge in [-0.25, -0.2) is 4.79 Å². The quantitative estimate of drug-likeness (QED) is 0.256. The fraction of sp³-hybridized carbons (Fsp3) is 0.600. The van der Waals surface area contributed by atoms with Gasteiger partial charge in [-0.1, -0.05) is 5.11 Å². The summed E-state index contributed by atoms with van der Waals surface area (Å²) in [6, 6.07) is -0.547. The van der Waals surface area contributed by atoms with Crippen LogP contribution >= 0.6 is 0 Å². The summed E-state index contributed by atoms with van der Waals surface area (Å²) in [5, 5.41) is 10.5. The molecule has 0 aliphatic rings. The summed E-state index contributed by atoms with van der Waals surface area (Å²) in [4.78, 5) is 14.3. The van der Waals surface area contributed by atoms with Crippen LogP contribution in [0.5, 0.6) is 0 Å². The van der Waals surface area contributed by atoms with Gasteiger partial charge in [-0.3, -0.25) is 4.68 Å². The zero-order valence-electron chi connectivity index (χ0n) is 10.4. The van der Waals surface area contributed by atoms with E-state index in [1.807, 2.05) is 0 Å². The summed E-state index contributed by atoms with van der Waals surface area (Å²) < 4.78 is 6.35. The standard InChI is InChI=1S/C10H16N6O2/c1-16-7-8(6-14-16)9(10(17)18-2)12-4-3-5-13-15-11/h6-7,9,12H,3-5H2,1-2H3. The van der Waals surface area contributed by atoms with Crippen molar-refractivity contribution in [2.45, 2.75) is 12.5 Å². The third kappa shape index (κ3) is 4.08. The number of carbonyl (C=O) groups excluding carboxylic acids is 1. The Morgan fingerprint density at radius 3 is 3.11 bits per heavy atom. The van der Waals surface area contributed by atoms with Gasteiger partial charge in [-0.15, -0.1) is 0 Å². The number of methoxy groups -OCH3 is 1. The Kier molecular flexibility index (Phi) is 5.69. The normalized spacial score (nSPS) is 11.7. The van der Waals surface area contributed by atoms with Crippen LogP contribution < -0.4 is 5.32 Å². The van der Waals surface area contributed by atoms with Crippen molar-refractivity contribution in [2.75, 3.05) is 20.2 Å². The van der Waals surface area contributed by atoms with Gasteiger partial charge in [0.25, 0.3) is 0 Å². The van der Waals surface area contributed by atoms with Gasteiger partial charge in [0.05, 0.1) is 13.3 Å².